The minimum absolute atomic E-state index is 0.0642. The van der Waals surface area contributed by atoms with Crippen LogP contribution in [0.3, 0.4) is 0 Å². The molecule has 56 heavy (non-hydrogen) atoms. The van der Waals surface area contributed by atoms with Gasteiger partial charge in [0.1, 0.15) is 11.9 Å². The summed E-state index contributed by atoms with van der Waals surface area (Å²) in [7, 11) is 0. The lowest BCUT2D eigenvalue weighted by Crippen LogP contribution is -2.17. The summed E-state index contributed by atoms with van der Waals surface area (Å²) in [5, 5.41) is 1.15. The number of ether oxygens (including phenoxy) is 1. The minimum Gasteiger partial charge on any atom is -0.484 e. The van der Waals surface area contributed by atoms with Crippen LogP contribution in [-0.4, -0.2) is 31.0 Å². The van der Waals surface area contributed by atoms with E-state index >= 15 is 0 Å². The SMILES string of the molecule is C1=CC2c3cccc(-c4nc(-c5ccccc5)nc(-c5ccccc5)n4)c3OC2C=C1c1cccc(-c2nc(-c3ccccc3)nc3c2sc2ccccc23)c1. The molecule has 2 atom stereocenters. The normalized spacial score (nSPS) is 15.7. The van der Waals surface area contributed by atoms with Crippen molar-refractivity contribution < 1.29 is 4.74 Å². The van der Waals surface area contributed by atoms with Crippen molar-refractivity contribution in [2.45, 2.75) is 12.0 Å². The summed E-state index contributed by atoms with van der Waals surface area (Å²) in [5.41, 5.74) is 10.00. The largest absolute Gasteiger partial charge is 0.484 e. The van der Waals surface area contributed by atoms with Crippen molar-refractivity contribution in [1.82, 2.24) is 24.9 Å². The Hall–Kier alpha value is -7.09. The maximum absolute atomic E-state index is 6.86. The molecule has 1 aliphatic heterocycles. The zero-order chi connectivity index (χ0) is 37.0. The van der Waals surface area contributed by atoms with Crippen molar-refractivity contribution in [2.24, 2.45) is 0 Å². The smallest absolute Gasteiger partial charge is 0.167 e. The van der Waals surface area contributed by atoms with Crippen LogP contribution in [0.15, 0.2) is 176 Å². The Morgan fingerprint density at radius 3 is 1.80 bits per heavy atom. The number of para-hydroxylation sites is 1. The average molecular weight is 738 g/mol. The number of allylic oxidation sites excluding steroid dienone is 2. The Morgan fingerprint density at radius 2 is 1.09 bits per heavy atom. The molecule has 11 rings (SSSR count). The topological polar surface area (TPSA) is 73.7 Å². The van der Waals surface area contributed by atoms with Crippen LogP contribution in [0.2, 0.25) is 0 Å². The molecule has 6 aromatic carbocycles. The first-order valence-electron chi connectivity index (χ1n) is 18.7. The third kappa shape index (κ3) is 5.60. The lowest BCUT2D eigenvalue weighted by Gasteiger charge is -2.19. The number of aromatic nitrogens is 5. The summed E-state index contributed by atoms with van der Waals surface area (Å²) in [6, 6.07) is 53.7. The molecular weight excluding hydrogens is 707 g/mol. The highest BCUT2D eigenvalue weighted by atomic mass is 32.1. The van der Waals surface area contributed by atoms with Gasteiger partial charge in [0.2, 0.25) is 0 Å². The first-order valence-corrected chi connectivity index (χ1v) is 19.5. The summed E-state index contributed by atoms with van der Waals surface area (Å²) >= 11 is 1.74. The molecule has 1 aliphatic carbocycles. The fourth-order valence-corrected chi connectivity index (χ4v) is 8.93. The van der Waals surface area contributed by atoms with Gasteiger partial charge < -0.3 is 4.74 Å². The first-order chi connectivity index (χ1) is 27.7. The highest BCUT2D eigenvalue weighted by Crippen LogP contribution is 2.48. The maximum Gasteiger partial charge on any atom is 0.167 e. The van der Waals surface area contributed by atoms with E-state index < -0.39 is 0 Å². The Bertz CT molecular complexity index is 2960. The number of benzene rings is 6. The molecule has 7 heteroatoms. The number of nitrogens with zero attached hydrogens (tertiary/aromatic N) is 5. The fourth-order valence-electron chi connectivity index (χ4n) is 7.77. The molecule has 9 aromatic rings. The average Bonchev–Trinajstić information content (AvgIpc) is 3.85. The lowest BCUT2D eigenvalue weighted by molar-refractivity contribution is 0.270. The van der Waals surface area contributed by atoms with Gasteiger partial charge in [0, 0.05) is 43.8 Å². The number of rotatable bonds is 6. The molecule has 3 aromatic heterocycles. The van der Waals surface area contributed by atoms with Crippen molar-refractivity contribution >= 4 is 37.2 Å². The van der Waals surface area contributed by atoms with Crippen molar-refractivity contribution in [3.8, 4) is 62.6 Å². The van der Waals surface area contributed by atoms with Crippen LogP contribution in [0.1, 0.15) is 17.0 Å². The zero-order valence-corrected chi connectivity index (χ0v) is 30.8. The number of hydrogen-bond acceptors (Lipinski definition) is 7. The van der Waals surface area contributed by atoms with Gasteiger partial charge in [0.05, 0.1) is 21.5 Å². The molecular formula is C49H31N5OS. The van der Waals surface area contributed by atoms with Gasteiger partial charge >= 0.3 is 0 Å². The molecule has 264 valence electrons. The van der Waals surface area contributed by atoms with Crippen LogP contribution in [0.4, 0.5) is 0 Å². The monoisotopic (exact) mass is 737 g/mol. The summed E-state index contributed by atoms with van der Waals surface area (Å²) < 4.78 is 9.15. The summed E-state index contributed by atoms with van der Waals surface area (Å²) in [6.45, 7) is 0. The second kappa shape index (κ2) is 13.3. The fraction of sp³-hybridized carbons (Fsp3) is 0.0408. The zero-order valence-electron chi connectivity index (χ0n) is 30.0. The van der Waals surface area contributed by atoms with Crippen LogP contribution in [0.25, 0.3) is 82.7 Å². The molecule has 0 fully saturated rings. The third-order valence-corrected chi connectivity index (χ3v) is 11.7. The van der Waals surface area contributed by atoms with Gasteiger partial charge in [-0.3, -0.25) is 0 Å². The van der Waals surface area contributed by atoms with Crippen LogP contribution in [0, 0.1) is 0 Å². The second-order valence-corrected chi connectivity index (χ2v) is 15.0. The molecule has 0 saturated heterocycles. The number of hydrogen-bond donors (Lipinski definition) is 0. The quantitative estimate of drug-likeness (QED) is 0.169. The molecule has 2 aliphatic rings. The van der Waals surface area contributed by atoms with Crippen LogP contribution < -0.4 is 4.74 Å². The van der Waals surface area contributed by atoms with Gasteiger partial charge in [-0.15, -0.1) is 11.3 Å². The summed E-state index contributed by atoms with van der Waals surface area (Å²) in [4.78, 5) is 25.2. The Kier molecular flexibility index (Phi) is 7.70. The standard InChI is InChI=1S/C49H31N5OS/c1-4-14-30(15-5-1)46-50-42(45-43(51-46)38-22-10-11-25-41(38)56-45)35-21-12-20-33(28-35)34-26-27-36-37-23-13-24-39(44(37)55-40(36)29-34)49-53-47(31-16-6-2-7-17-31)52-48(54-49)32-18-8-3-9-19-32/h1-29,36,40H. The summed E-state index contributed by atoms with van der Waals surface area (Å²) in [6.07, 6.45) is 6.55. The van der Waals surface area contributed by atoms with E-state index in [1.54, 1.807) is 11.3 Å². The van der Waals surface area contributed by atoms with E-state index in [0.717, 1.165) is 77.4 Å². The molecule has 2 unspecified atom stereocenters. The van der Waals surface area contributed by atoms with Crippen molar-refractivity contribution in [3.05, 3.63) is 187 Å². The van der Waals surface area contributed by atoms with Crippen molar-refractivity contribution in [2.75, 3.05) is 0 Å². The van der Waals surface area contributed by atoms with Crippen LogP contribution >= 0.6 is 11.3 Å². The molecule has 4 heterocycles. The van der Waals surface area contributed by atoms with E-state index in [1.807, 2.05) is 84.9 Å². The first kappa shape index (κ1) is 32.3. The Labute approximate surface area is 327 Å². The van der Waals surface area contributed by atoms with Gasteiger partial charge in [-0.25, -0.2) is 24.9 Å². The molecule has 0 spiro atoms. The van der Waals surface area contributed by atoms with Crippen molar-refractivity contribution in [1.29, 1.82) is 0 Å². The van der Waals surface area contributed by atoms with Gasteiger partial charge in [0.15, 0.2) is 23.3 Å². The lowest BCUT2D eigenvalue weighted by atomic mass is 9.87. The van der Waals surface area contributed by atoms with Gasteiger partial charge in [-0.2, -0.15) is 0 Å². The van der Waals surface area contributed by atoms with Crippen molar-refractivity contribution in [3.63, 3.8) is 0 Å². The van der Waals surface area contributed by atoms with Crippen LogP contribution in [-0.2, 0) is 0 Å². The molecule has 6 nitrogen and oxygen atoms in total. The van der Waals surface area contributed by atoms with E-state index in [0.29, 0.717) is 17.5 Å². The molecule has 0 amide bonds. The number of thiophene rings is 1. The number of fused-ring (bicyclic) bond motifs is 6. The molecule has 0 saturated carbocycles. The van der Waals surface area contributed by atoms with E-state index in [9.17, 15) is 0 Å². The van der Waals surface area contributed by atoms with E-state index in [-0.39, 0.29) is 12.0 Å². The molecule has 0 N–H and O–H groups in total. The summed E-state index contributed by atoms with van der Waals surface area (Å²) in [5.74, 6) is 3.42. The van der Waals surface area contributed by atoms with E-state index in [4.69, 9.17) is 29.7 Å². The van der Waals surface area contributed by atoms with Gasteiger partial charge in [0.25, 0.3) is 0 Å². The van der Waals surface area contributed by atoms with Gasteiger partial charge in [-0.05, 0) is 35.4 Å². The second-order valence-electron chi connectivity index (χ2n) is 14.0. The Morgan fingerprint density at radius 1 is 0.500 bits per heavy atom. The van der Waals surface area contributed by atoms with Crippen LogP contribution in [0.5, 0.6) is 5.75 Å². The Balaban J connectivity index is 0.970. The predicted octanol–water partition coefficient (Wildman–Crippen LogP) is 11.9. The maximum atomic E-state index is 6.86. The highest BCUT2D eigenvalue weighted by Gasteiger charge is 2.36. The van der Waals surface area contributed by atoms with Gasteiger partial charge in [-0.1, -0.05) is 152 Å². The van der Waals surface area contributed by atoms with E-state index in [2.05, 4.69) is 91.0 Å². The predicted molar refractivity (Wildman–Crippen MR) is 226 cm³/mol. The highest BCUT2D eigenvalue weighted by molar-refractivity contribution is 7.26. The van der Waals surface area contributed by atoms with E-state index in [1.165, 1.54) is 4.70 Å². The molecule has 0 radical (unpaired) electrons. The third-order valence-electron chi connectivity index (χ3n) is 10.5. The minimum atomic E-state index is -0.183. The molecule has 0 bridgehead atoms.